The Morgan fingerprint density at radius 3 is 2.00 bits per heavy atom. The van der Waals surface area contributed by atoms with Crippen LogP contribution in [0.15, 0.2) is 60.9 Å². The average Bonchev–Trinajstić information content (AvgIpc) is 2.63. The lowest BCUT2D eigenvalue weighted by molar-refractivity contribution is 0.415. The summed E-state index contributed by atoms with van der Waals surface area (Å²) in [7, 11) is 1.63. The molecule has 3 aromatic rings. The summed E-state index contributed by atoms with van der Waals surface area (Å²) in [6, 6.07) is 16.7. The molecule has 0 aliphatic rings. The molecule has 5 heteroatoms. The predicted octanol–water partition coefficient (Wildman–Crippen LogP) is 3.82. The standard InChI is InChI=1S/C18H13N3O2/c1-22-16-8-4-14(5-9-16)15-11-20-18(21-12-15)23-17-6-2-13(10-19)3-7-17/h2-9,11-12H,1H3. The molecule has 0 aliphatic heterocycles. The van der Waals surface area contributed by atoms with Gasteiger partial charge in [0.1, 0.15) is 11.5 Å². The van der Waals surface area contributed by atoms with E-state index in [0.29, 0.717) is 11.3 Å². The van der Waals surface area contributed by atoms with Crippen molar-refractivity contribution < 1.29 is 9.47 Å². The van der Waals surface area contributed by atoms with E-state index in [1.165, 1.54) is 0 Å². The van der Waals surface area contributed by atoms with E-state index in [0.717, 1.165) is 16.9 Å². The maximum absolute atomic E-state index is 8.77. The molecule has 0 unspecified atom stereocenters. The van der Waals surface area contributed by atoms with Crippen LogP contribution >= 0.6 is 0 Å². The molecule has 5 nitrogen and oxygen atoms in total. The van der Waals surface area contributed by atoms with Crippen molar-refractivity contribution in [3.05, 3.63) is 66.5 Å². The monoisotopic (exact) mass is 303 g/mol. The Kier molecular flexibility index (Phi) is 4.16. The summed E-state index contributed by atoms with van der Waals surface area (Å²) in [6.45, 7) is 0. The number of aromatic nitrogens is 2. The SMILES string of the molecule is COc1ccc(-c2cnc(Oc3ccc(C#N)cc3)nc2)cc1. The van der Waals surface area contributed by atoms with Crippen LogP contribution in [-0.2, 0) is 0 Å². The van der Waals surface area contributed by atoms with E-state index < -0.39 is 0 Å². The molecule has 23 heavy (non-hydrogen) atoms. The van der Waals surface area contributed by atoms with Crippen molar-refractivity contribution in [3.63, 3.8) is 0 Å². The summed E-state index contributed by atoms with van der Waals surface area (Å²) < 4.78 is 10.7. The van der Waals surface area contributed by atoms with Gasteiger partial charge >= 0.3 is 6.01 Å². The van der Waals surface area contributed by atoms with Crippen molar-refractivity contribution in [1.29, 1.82) is 5.26 Å². The highest BCUT2D eigenvalue weighted by Crippen LogP contribution is 2.23. The van der Waals surface area contributed by atoms with Crippen LogP contribution in [0.4, 0.5) is 0 Å². The molecule has 0 N–H and O–H groups in total. The first-order valence-corrected chi connectivity index (χ1v) is 6.93. The van der Waals surface area contributed by atoms with Gasteiger partial charge in [-0.2, -0.15) is 5.26 Å². The number of ether oxygens (including phenoxy) is 2. The summed E-state index contributed by atoms with van der Waals surface area (Å²) in [5.74, 6) is 1.39. The average molecular weight is 303 g/mol. The van der Waals surface area contributed by atoms with Gasteiger partial charge in [0.05, 0.1) is 18.7 Å². The van der Waals surface area contributed by atoms with Crippen LogP contribution in [0.2, 0.25) is 0 Å². The Hall–Kier alpha value is -3.39. The lowest BCUT2D eigenvalue weighted by Gasteiger charge is -2.05. The van der Waals surface area contributed by atoms with Crippen LogP contribution in [0.25, 0.3) is 11.1 Å². The second-order valence-corrected chi connectivity index (χ2v) is 4.72. The Labute approximate surface area is 133 Å². The third-order valence-corrected chi connectivity index (χ3v) is 3.24. The molecule has 1 heterocycles. The maximum atomic E-state index is 8.77. The molecule has 0 fully saturated rings. The number of nitrogens with zero attached hydrogens (tertiary/aromatic N) is 3. The van der Waals surface area contributed by atoms with E-state index >= 15 is 0 Å². The highest BCUT2D eigenvalue weighted by Gasteiger charge is 2.03. The van der Waals surface area contributed by atoms with E-state index in [1.54, 1.807) is 43.8 Å². The number of rotatable bonds is 4. The number of benzene rings is 2. The number of nitriles is 1. The zero-order valence-electron chi connectivity index (χ0n) is 12.4. The highest BCUT2D eigenvalue weighted by molar-refractivity contribution is 5.62. The van der Waals surface area contributed by atoms with E-state index in [2.05, 4.69) is 16.0 Å². The number of hydrogen-bond acceptors (Lipinski definition) is 5. The molecule has 0 spiro atoms. The first-order chi connectivity index (χ1) is 11.3. The van der Waals surface area contributed by atoms with Crippen molar-refractivity contribution in [1.82, 2.24) is 9.97 Å². The molecule has 0 bridgehead atoms. The van der Waals surface area contributed by atoms with E-state index in [-0.39, 0.29) is 6.01 Å². The summed E-state index contributed by atoms with van der Waals surface area (Å²) in [4.78, 5) is 8.41. The zero-order valence-corrected chi connectivity index (χ0v) is 12.4. The molecule has 1 aromatic heterocycles. The fourth-order valence-corrected chi connectivity index (χ4v) is 2.00. The Bertz CT molecular complexity index is 820. The zero-order chi connectivity index (χ0) is 16.1. The molecular formula is C18H13N3O2. The van der Waals surface area contributed by atoms with Crippen molar-refractivity contribution in [2.45, 2.75) is 0 Å². The first-order valence-electron chi connectivity index (χ1n) is 6.93. The van der Waals surface area contributed by atoms with Gasteiger partial charge in [0.25, 0.3) is 0 Å². The Morgan fingerprint density at radius 1 is 0.826 bits per heavy atom. The number of methoxy groups -OCH3 is 1. The smallest absolute Gasteiger partial charge is 0.321 e. The van der Waals surface area contributed by atoms with E-state index in [1.807, 2.05) is 24.3 Å². The number of hydrogen-bond donors (Lipinski definition) is 0. The van der Waals surface area contributed by atoms with Crippen molar-refractivity contribution >= 4 is 0 Å². The second kappa shape index (κ2) is 6.58. The largest absolute Gasteiger partial charge is 0.497 e. The fraction of sp³-hybridized carbons (Fsp3) is 0.0556. The summed E-state index contributed by atoms with van der Waals surface area (Å²) in [6.07, 6.45) is 3.40. The minimum absolute atomic E-state index is 0.256. The van der Waals surface area contributed by atoms with Crippen molar-refractivity contribution in [3.8, 4) is 34.7 Å². The van der Waals surface area contributed by atoms with E-state index in [4.69, 9.17) is 14.7 Å². The molecular weight excluding hydrogens is 290 g/mol. The Morgan fingerprint density at radius 2 is 1.43 bits per heavy atom. The summed E-state index contributed by atoms with van der Waals surface area (Å²) >= 11 is 0. The lowest BCUT2D eigenvalue weighted by Crippen LogP contribution is -1.92. The minimum Gasteiger partial charge on any atom is -0.497 e. The van der Waals surface area contributed by atoms with Crippen molar-refractivity contribution in [2.24, 2.45) is 0 Å². The molecule has 0 saturated heterocycles. The van der Waals surface area contributed by atoms with Crippen LogP contribution < -0.4 is 9.47 Å². The predicted molar refractivity (Wildman–Crippen MR) is 85.3 cm³/mol. The molecule has 2 aromatic carbocycles. The Balaban J connectivity index is 1.74. The van der Waals surface area contributed by atoms with Gasteiger partial charge in [0.2, 0.25) is 0 Å². The van der Waals surface area contributed by atoms with Gasteiger partial charge in [-0.05, 0) is 42.0 Å². The van der Waals surface area contributed by atoms with Gasteiger partial charge in [-0.1, -0.05) is 12.1 Å². The maximum Gasteiger partial charge on any atom is 0.321 e. The molecule has 0 amide bonds. The molecule has 0 aliphatic carbocycles. The quantitative estimate of drug-likeness (QED) is 0.733. The van der Waals surface area contributed by atoms with Gasteiger partial charge in [0, 0.05) is 18.0 Å². The van der Waals surface area contributed by atoms with Crippen LogP contribution in [-0.4, -0.2) is 17.1 Å². The molecule has 0 atom stereocenters. The van der Waals surface area contributed by atoms with Crippen LogP contribution in [0, 0.1) is 11.3 Å². The third kappa shape index (κ3) is 3.44. The van der Waals surface area contributed by atoms with Gasteiger partial charge in [-0.25, -0.2) is 9.97 Å². The molecule has 3 rings (SSSR count). The van der Waals surface area contributed by atoms with Gasteiger partial charge < -0.3 is 9.47 Å². The fourth-order valence-electron chi connectivity index (χ4n) is 2.00. The molecule has 112 valence electrons. The normalized spacial score (nSPS) is 9.91. The lowest BCUT2D eigenvalue weighted by atomic mass is 10.1. The van der Waals surface area contributed by atoms with Gasteiger partial charge in [-0.3, -0.25) is 0 Å². The van der Waals surface area contributed by atoms with Crippen LogP contribution in [0.1, 0.15) is 5.56 Å². The van der Waals surface area contributed by atoms with E-state index in [9.17, 15) is 0 Å². The molecule has 0 radical (unpaired) electrons. The first kappa shape index (κ1) is 14.5. The van der Waals surface area contributed by atoms with Gasteiger partial charge in [0.15, 0.2) is 0 Å². The van der Waals surface area contributed by atoms with Gasteiger partial charge in [-0.15, -0.1) is 0 Å². The van der Waals surface area contributed by atoms with Crippen molar-refractivity contribution in [2.75, 3.05) is 7.11 Å². The second-order valence-electron chi connectivity index (χ2n) is 4.72. The third-order valence-electron chi connectivity index (χ3n) is 3.24. The minimum atomic E-state index is 0.256. The highest BCUT2D eigenvalue weighted by atomic mass is 16.5. The van der Waals surface area contributed by atoms with Crippen LogP contribution in [0.5, 0.6) is 17.5 Å². The van der Waals surface area contributed by atoms with Crippen LogP contribution in [0.3, 0.4) is 0 Å². The summed E-state index contributed by atoms with van der Waals surface area (Å²) in [5, 5.41) is 8.77. The summed E-state index contributed by atoms with van der Waals surface area (Å²) in [5.41, 5.74) is 2.46. The topological polar surface area (TPSA) is 68.0 Å². The molecule has 0 saturated carbocycles.